The Hall–Kier alpha value is -0.630. The molecular weight excluding hydrogens is 272 g/mol. The maximum absolute atomic E-state index is 12.6. The summed E-state index contributed by atoms with van der Waals surface area (Å²) in [6.45, 7) is 0.915. The van der Waals surface area contributed by atoms with Gasteiger partial charge < -0.3 is 10.5 Å². The Morgan fingerprint density at radius 1 is 1.56 bits per heavy atom. The predicted octanol–water partition coefficient (Wildman–Crippen LogP) is 1.26. The summed E-state index contributed by atoms with van der Waals surface area (Å²) in [4.78, 5) is 0. The van der Waals surface area contributed by atoms with Crippen molar-refractivity contribution in [2.75, 3.05) is 20.2 Å². The van der Waals surface area contributed by atoms with Crippen LogP contribution in [0.4, 0.5) is 0 Å². The van der Waals surface area contributed by atoms with Gasteiger partial charge in [-0.25, -0.2) is 8.42 Å². The highest BCUT2D eigenvalue weighted by Crippen LogP contribution is 2.34. The molecule has 1 aliphatic rings. The average Bonchev–Trinajstić information content (AvgIpc) is 2.87. The van der Waals surface area contributed by atoms with E-state index >= 15 is 0 Å². The van der Waals surface area contributed by atoms with Gasteiger partial charge in [0.25, 0.3) is 10.0 Å². The standard InChI is InChI=1S/C11H18N2O3S2/c1-16-10-5-7-17-11(10)18(14,15)13-6-3-2-4-9(13)8-12/h5,7,9H,2-4,6,8,12H2,1H3. The van der Waals surface area contributed by atoms with Crippen molar-refractivity contribution in [3.8, 4) is 5.75 Å². The lowest BCUT2D eigenvalue weighted by Crippen LogP contribution is -2.47. The normalized spacial score (nSPS) is 22.0. The third-order valence-electron chi connectivity index (χ3n) is 3.20. The van der Waals surface area contributed by atoms with Gasteiger partial charge in [-0.3, -0.25) is 0 Å². The maximum atomic E-state index is 12.6. The van der Waals surface area contributed by atoms with Gasteiger partial charge in [0, 0.05) is 19.1 Å². The molecule has 2 heterocycles. The molecule has 102 valence electrons. The van der Waals surface area contributed by atoms with Gasteiger partial charge in [0.15, 0.2) is 4.21 Å². The number of piperidine rings is 1. The molecule has 1 saturated heterocycles. The molecule has 0 radical (unpaired) electrons. The summed E-state index contributed by atoms with van der Waals surface area (Å²) in [6.07, 6.45) is 2.77. The Morgan fingerprint density at radius 2 is 2.33 bits per heavy atom. The zero-order valence-corrected chi connectivity index (χ0v) is 12.0. The number of ether oxygens (including phenoxy) is 1. The molecule has 2 rings (SSSR count). The van der Waals surface area contributed by atoms with E-state index in [1.807, 2.05) is 0 Å². The molecule has 7 heteroatoms. The van der Waals surface area contributed by atoms with Crippen LogP contribution < -0.4 is 10.5 Å². The second kappa shape index (κ2) is 5.56. The van der Waals surface area contributed by atoms with Gasteiger partial charge >= 0.3 is 0 Å². The molecule has 1 aliphatic heterocycles. The molecule has 1 fully saturated rings. The Kier molecular flexibility index (Phi) is 4.26. The Labute approximate surface area is 112 Å². The largest absolute Gasteiger partial charge is 0.494 e. The van der Waals surface area contributed by atoms with Gasteiger partial charge in [-0.05, 0) is 24.3 Å². The molecule has 0 aliphatic carbocycles. The molecular formula is C11H18N2O3S2. The number of nitrogens with zero attached hydrogens (tertiary/aromatic N) is 1. The van der Waals surface area contributed by atoms with E-state index in [1.165, 1.54) is 22.8 Å². The number of hydrogen-bond donors (Lipinski definition) is 1. The lowest BCUT2D eigenvalue weighted by molar-refractivity contribution is 0.257. The summed E-state index contributed by atoms with van der Waals surface area (Å²) in [5.41, 5.74) is 5.68. The molecule has 1 aromatic heterocycles. The zero-order chi connectivity index (χ0) is 13.2. The van der Waals surface area contributed by atoms with Crippen LogP contribution in [-0.2, 0) is 10.0 Å². The van der Waals surface area contributed by atoms with Crippen molar-refractivity contribution >= 4 is 21.4 Å². The lowest BCUT2D eigenvalue weighted by atomic mass is 10.1. The molecule has 2 N–H and O–H groups in total. The molecule has 1 aromatic rings. The summed E-state index contributed by atoms with van der Waals surface area (Å²) < 4.78 is 32.1. The monoisotopic (exact) mass is 290 g/mol. The van der Waals surface area contributed by atoms with E-state index in [0.717, 1.165) is 19.3 Å². The SMILES string of the molecule is COc1ccsc1S(=O)(=O)N1CCCCC1CN. The second-order valence-corrected chi connectivity index (χ2v) is 7.28. The van der Waals surface area contributed by atoms with Crippen molar-refractivity contribution < 1.29 is 13.2 Å². The van der Waals surface area contributed by atoms with E-state index in [-0.39, 0.29) is 10.3 Å². The van der Waals surface area contributed by atoms with Crippen LogP contribution in [0.2, 0.25) is 0 Å². The highest BCUT2D eigenvalue weighted by molar-refractivity contribution is 7.91. The van der Waals surface area contributed by atoms with Gasteiger partial charge in [-0.2, -0.15) is 4.31 Å². The minimum absolute atomic E-state index is 0.0874. The lowest BCUT2D eigenvalue weighted by Gasteiger charge is -2.33. The fourth-order valence-electron chi connectivity index (χ4n) is 2.26. The molecule has 1 atom stereocenters. The third kappa shape index (κ3) is 2.40. The number of sulfonamides is 1. The molecule has 0 amide bonds. The Balaban J connectivity index is 2.35. The van der Waals surface area contributed by atoms with E-state index in [9.17, 15) is 8.42 Å². The summed E-state index contributed by atoms with van der Waals surface area (Å²) in [5, 5.41) is 1.73. The molecule has 0 aromatic carbocycles. The van der Waals surface area contributed by atoms with Crippen molar-refractivity contribution in [1.29, 1.82) is 0 Å². The van der Waals surface area contributed by atoms with Crippen molar-refractivity contribution in [3.63, 3.8) is 0 Å². The summed E-state index contributed by atoms with van der Waals surface area (Å²) >= 11 is 1.19. The first-order valence-corrected chi connectivity index (χ1v) is 8.26. The van der Waals surface area contributed by atoms with E-state index in [4.69, 9.17) is 10.5 Å². The summed E-state index contributed by atoms with van der Waals surface area (Å²) in [7, 11) is -1.99. The van der Waals surface area contributed by atoms with Gasteiger partial charge in [0.2, 0.25) is 0 Å². The Morgan fingerprint density at radius 3 is 3.00 bits per heavy atom. The van der Waals surface area contributed by atoms with E-state index in [2.05, 4.69) is 0 Å². The molecule has 18 heavy (non-hydrogen) atoms. The van der Waals surface area contributed by atoms with Crippen LogP contribution in [0.25, 0.3) is 0 Å². The quantitative estimate of drug-likeness (QED) is 0.906. The smallest absolute Gasteiger partial charge is 0.256 e. The van der Waals surface area contributed by atoms with Crippen LogP contribution in [0.3, 0.4) is 0 Å². The average molecular weight is 290 g/mol. The Bertz CT molecular complexity index is 498. The minimum atomic E-state index is -3.48. The van der Waals surface area contributed by atoms with Crippen LogP contribution in [0.1, 0.15) is 19.3 Å². The highest BCUT2D eigenvalue weighted by atomic mass is 32.2. The number of rotatable bonds is 4. The fraction of sp³-hybridized carbons (Fsp3) is 0.636. The third-order valence-corrected chi connectivity index (χ3v) is 6.58. The molecule has 1 unspecified atom stereocenters. The molecule has 0 spiro atoms. The van der Waals surface area contributed by atoms with Gasteiger partial charge in [-0.15, -0.1) is 11.3 Å². The van der Waals surface area contributed by atoms with Gasteiger partial charge in [-0.1, -0.05) is 6.42 Å². The van der Waals surface area contributed by atoms with Crippen LogP contribution in [-0.4, -0.2) is 39.0 Å². The highest BCUT2D eigenvalue weighted by Gasteiger charge is 2.35. The van der Waals surface area contributed by atoms with Crippen molar-refractivity contribution in [2.45, 2.75) is 29.5 Å². The van der Waals surface area contributed by atoms with Crippen molar-refractivity contribution in [2.24, 2.45) is 5.73 Å². The number of thiophene rings is 1. The summed E-state index contributed by atoms with van der Waals surface area (Å²) in [5.74, 6) is 0.418. The molecule has 0 saturated carbocycles. The zero-order valence-electron chi connectivity index (χ0n) is 10.3. The van der Waals surface area contributed by atoms with Crippen LogP contribution >= 0.6 is 11.3 Å². The first-order chi connectivity index (χ1) is 8.61. The number of hydrogen-bond acceptors (Lipinski definition) is 5. The van der Waals surface area contributed by atoms with Crippen LogP contribution in [0.15, 0.2) is 15.7 Å². The maximum Gasteiger partial charge on any atom is 0.256 e. The summed E-state index contributed by atoms with van der Waals surface area (Å²) in [6, 6.07) is 1.59. The van der Waals surface area contributed by atoms with Crippen molar-refractivity contribution in [1.82, 2.24) is 4.31 Å². The van der Waals surface area contributed by atoms with Crippen LogP contribution in [0, 0.1) is 0 Å². The topological polar surface area (TPSA) is 72.6 Å². The van der Waals surface area contributed by atoms with Crippen molar-refractivity contribution in [3.05, 3.63) is 11.4 Å². The minimum Gasteiger partial charge on any atom is -0.494 e. The first-order valence-electron chi connectivity index (χ1n) is 5.94. The van der Waals surface area contributed by atoms with E-state index < -0.39 is 10.0 Å². The first kappa shape index (κ1) is 13.8. The van der Waals surface area contributed by atoms with Crippen LogP contribution in [0.5, 0.6) is 5.75 Å². The molecule has 5 nitrogen and oxygen atoms in total. The van der Waals surface area contributed by atoms with E-state index in [1.54, 1.807) is 11.4 Å². The second-order valence-electron chi connectivity index (χ2n) is 4.28. The fourth-order valence-corrected chi connectivity index (χ4v) is 5.35. The van der Waals surface area contributed by atoms with Gasteiger partial charge in [0.05, 0.1) is 7.11 Å². The molecule has 0 bridgehead atoms. The predicted molar refractivity (Wildman–Crippen MR) is 71.5 cm³/mol. The number of methoxy groups -OCH3 is 1. The van der Waals surface area contributed by atoms with Gasteiger partial charge in [0.1, 0.15) is 5.75 Å². The number of nitrogens with two attached hydrogens (primary N) is 1. The van der Waals surface area contributed by atoms with E-state index in [0.29, 0.717) is 18.8 Å².